The molecule has 0 spiro atoms. The number of aryl methyl sites for hydroxylation is 1. The fraction of sp³-hybridized carbons (Fsp3) is 0.0455. The number of hydrogen-bond donors (Lipinski definition) is 1. The number of anilines is 1. The molecule has 29 heavy (non-hydrogen) atoms. The number of hydrogen-bond acceptors (Lipinski definition) is 3. The largest absolute Gasteiger partial charge is 0.319 e. The van der Waals surface area contributed by atoms with Crippen LogP contribution >= 0.6 is 23.2 Å². The third-order valence-corrected chi connectivity index (χ3v) is 4.83. The summed E-state index contributed by atoms with van der Waals surface area (Å²) in [5, 5.41) is 8.44. The zero-order chi connectivity index (χ0) is 20.4. The average Bonchev–Trinajstić information content (AvgIpc) is 3.17. The van der Waals surface area contributed by atoms with Gasteiger partial charge in [0.1, 0.15) is 0 Å². The number of rotatable bonds is 4. The maximum atomic E-state index is 12.8. The third kappa shape index (κ3) is 4.16. The molecule has 0 aliphatic rings. The Hall–Kier alpha value is -3.15. The van der Waals surface area contributed by atoms with Gasteiger partial charge in [0.05, 0.1) is 5.69 Å². The first-order valence-electron chi connectivity index (χ1n) is 8.87. The number of aromatic nitrogens is 3. The molecule has 4 rings (SSSR count). The summed E-state index contributed by atoms with van der Waals surface area (Å²) in [5.41, 5.74) is 3.16. The zero-order valence-corrected chi connectivity index (χ0v) is 16.9. The number of benzene rings is 3. The molecule has 0 unspecified atom stereocenters. The van der Waals surface area contributed by atoms with Crippen LogP contribution in [0, 0.1) is 6.92 Å². The van der Waals surface area contributed by atoms with Crippen molar-refractivity contribution in [1.82, 2.24) is 14.8 Å². The fourth-order valence-corrected chi connectivity index (χ4v) is 3.17. The summed E-state index contributed by atoms with van der Waals surface area (Å²) in [4.78, 5) is 17.3. The summed E-state index contributed by atoms with van der Waals surface area (Å²) in [6.45, 7) is 1.95. The molecule has 1 amide bonds. The normalized spacial score (nSPS) is 10.7. The van der Waals surface area contributed by atoms with Crippen molar-refractivity contribution in [3.63, 3.8) is 0 Å². The fourth-order valence-electron chi connectivity index (χ4n) is 2.88. The maximum absolute atomic E-state index is 12.8. The zero-order valence-electron chi connectivity index (χ0n) is 15.4. The Morgan fingerprint density at radius 1 is 0.931 bits per heavy atom. The number of nitrogens with zero attached hydrogens (tertiary/aromatic N) is 3. The SMILES string of the molecule is Cc1ccc(Cl)cc1-n1nc(C(=O)Nc2ccc(Cl)cc2)nc1-c1ccccc1. The standard InChI is InChI=1S/C22H16Cl2N4O/c1-14-7-8-17(24)13-19(14)28-21(15-5-3-2-4-6-15)26-20(27-28)22(29)25-18-11-9-16(23)10-12-18/h2-13H,1H3,(H,25,29). The third-order valence-electron chi connectivity index (χ3n) is 4.34. The minimum absolute atomic E-state index is 0.0539. The highest BCUT2D eigenvalue weighted by Crippen LogP contribution is 2.25. The van der Waals surface area contributed by atoms with Gasteiger partial charge in [-0.2, -0.15) is 0 Å². The average molecular weight is 423 g/mol. The Labute approximate surface area is 177 Å². The molecule has 144 valence electrons. The second-order valence-electron chi connectivity index (χ2n) is 6.43. The summed E-state index contributed by atoms with van der Waals surface area (Å²) in [6.07, 6.45) is 0. The van der Waals surface area contributed by atoms with E-state index in [-0.39, 0.29) is 5.82 Å². The van der Waals surface area contributed by atoms with E-state index in [1.807, 2.05) is 49.4 Å². The number of carbonyl (C=O) groups is 1. The summed E-state index contributed by atoms with van der Waals surface area (Å²) >= 11 is 12.1. The summed E-state index contributed by atoms with van der Waals surface area (Å²) in [6, 6.07) is 21.9. The van der Waals surface area contributed by atoms with Gasteiger partial charge in [-0.3, -0.25) is 4.79 Å². The molecule has 0 atom stereocenters. The maximum Gasteiger partial charge on any atom is 0.295 e. The lowest BCUT2D eigenvalue weighted by atomic mass is 10.2. The summed E-state index contributed by atoms with van der Waals surface area (Å²) < 4.78 is 1.65. The Morgan fingerprint density at radius 3 is 2.34 bits per heavy atom. The van der Waals surface area contributed by atoms with E-state index in [1.165, 1.54) is 0 Å². The lowest BCUT2D eigenvalue weighted by Crippen LogP contribution is -2.14. The Bertz CT molecular complexity index is 1170. The van der Waals surface area contributed by atoms with Crippen molar-refractivity contribution < 1.29 is 4.79 Å². The second kappa shape index (κ2) is 8.07. The molecular formula is C22H16Cl2N4O. The molecule has 0 aliphatic heterocycles. The molecule has 0 aliphatic carbocycles. The first-order valence-corrected chi connectivity index (χ1v) is 9.63. The molecule has 5 nitrogen and oxygen atoms in total. The molecule has 0 saturated carbocycles. The molecule has 0 radical (unpaired) electrons. The molecule has 3 aromatic carbocycles. The van der Waals surface area contributed by atoms with E-state index in [0.29, 0.717) is 21.6 Å². The first-order chi connectivity index (χ1) is 14.0. The van der Waals surface area contributed by atoms with E-state index in [0.717, 1.165) is 16.8 Å². The molecule has 0 fully saturated rings. The molecule has 1 N–H and O–H groups in total. The number of halogens is 2. The van der Waals surface area contributed by atoms with E-state index in [9.17, 15) is 4.79 Å². The van der Waals surface area contributed by atoms with Gasteiger partial charge in [0.25, 0.3) is 5.91 Å². The van der Waals surface area contributed by atoms with Gasteiger partial charge >= 0.3 is 0 Å². The van der Waals surface area contributed by atoms with E-state index in [2.05, 4.69) is 15.4 Å². The van der Waals surface area contributed by atoms with Crippen LogP contribution in [0.1, 0.15) is 16.2 Å². The number of nitrogens with one attached hydrogen (secondary N) is 1. The lowest BCUT2D eigenvalue weighted by molar-refractivity contribution is 0.101. The van der Waals surface area contributed by atoms with Crippen LogP contribution in [0.2, 0.25) is 10.0 Å². The smallest absolute Gasteiger partial charge is 0.295 e. The van der Waals surface area contributed by atoms with Crippen molar-refractivity contribution in [2.75, 3.05) is 5.32 Å². The van der Waals surface area contributed by atoms with Gasteiger partial charge in [-0.1, -0.05) is 59.6 Å². The van der Waals surface area contributed by atoms with Crippen LogP contribution in [0.25, 0.3) is 17.1 Å². The Balaban J connectivity index is 1.78. The minimum Gasteiger partial charge on any atom is -0.319 e. The lowest BCUT2D eigenvalue weighted by Gasteiger charge is -2.09. The van der Waals surface area contributed by atoms with Crippen LogP contribution in [0.3, 0.4) is 0 Å². The van der Waals surface area contributed by atoms with Crippen molar-refractivity contribution in [3.8, 4) is 17.1 Å². The van der Waals surface area contributed by atoms with E-state index < -0.39 is 5.91 Å². The predicted octanol–water partition coefficient (Wildman–Crippen LogP) is 5.80. The van der Waals surface area contributed by atoms with Crippen molar-refractivity contribution >= 4 is 34.8 Å². The molecule has 4 aromatic rings. The van der Waals surface area contributed by atoms with Crippen LogP contribution in [0.4, 0.5) is 5.69 Å². The van der Waals surface area contributed by atoms with Crippen molar-refractivity contribution in [2.24, 2.45) is 0 Å². The van der Waals surface area contributed by atoms with Gasteiger partial charge in [-0.05, 0) is 48.9 Å². The van der Waals surface area contributed by atoms with Gasteiger partial charge < -0.3 is 5.32 Å². The minimum atomic E-state index is -0.414. The van der Waals surface area contributed by atoms with Gasteiger partial charge in [0.15, 0.2) is 5.82 Å². The summed E-state index contributed by atoms with van der Waals surface area (Å²) in [5.74, 6) is 0.193. The van der Waals surface area contributed by atoms with Gasteiger partial charge in [-0.25, -0.2) is 9.67 Å². The number of carbonyl (C=O) groups excluding carboxylic acids is 1. The molecule has 1 heterocycles. The highest BCUT2D eigenvalue weighted by Gasteiger charge is 2.20. The van der Waals surface area contributed by atoms with Crippen molar-refractivity contribution in [3.05, 3.63) is 94.2 Å². The van der Waals surface area contributed by atoms with Crippen LogP contribution in [0.5, 0.6) is 0 Å². The van der Waals surface area contributed by atoms with Crippen LogP contribution in [-0.2, 0) is 0 Å². The van der Waals surface area contributed by atoms with Crippen molar-refractivity contribution in [2.45, 2.75) is 6.92 Å². The van der Waals surface area contributed by atoms with Gasteiger partial charge in [-0.15, -0.1) is 5.10 Å². The second-order valence-corrected chi connectivity index (χ2v) is 7.30. The molecule has 0 bridgehead atoms. The molecular weight excluding hydrogens is 407 g/mol. The quantitative estimate of drug-likeness (QED) is 0.451. The summed E-state index contributed by atoms with van der Waals surface area (Å²) in [7, 11) is 0. The molecule has 1 aromatic heterocycles. The molecule has 0 saturated heterocycles. The Kier molecular flexibility index (Phi) is 5.34. The van der Waals surface area contributed by atoms with E-state index in [1.54, 1.807) is 35.0 Å². The molecule has 7 heteroatoms. The Morgan fingerprint density at radius 2 is 1.62 bits per heavy atom. The predicted molar refractivity (Wildman–Crippen MR) is 116 cm³/mol. The van der Waals surface area contributed by atoms with E-state index >= 15 is 0 Å². The highest BCUT2D eigenvalue weighted by atomic mass is 35.5. The van der Waals surface area contributed by atoms with Crippen LogP contribution < -0.4 is 5.32 Å². The first kappa shape index (κ1) is 19.2. The highest BCUT2D eigenvalue weighted by molar-refractivity contribution is 6.31. The van der Waals surface area contributed by atoms with Crippen LogP contribution in [0.15, 0.2) is 72.8 Å². The number of amides is 1. The van der Waals surface area contributed by atoms with E-state index in [4.69, 9.17) is 23.2 Å². The van der Waals surface area contributed by atoms with Gasteiger partial charge in [0, 0.05) is 21.3 Å². The topological polar surface area (TPSA) is 59.8 Å². The monoisotopic (exact) mass is 422 g/mol. The van der Waals surface area contributed by atoms with Gasteiger partial charge in [0.2, 0.25) is 5.82 Å². The van der Waals surface area contributed by atoms with Crippen LogP contribution in [-0.4, -0.2) is 20.7 Å². The van der Waals surface area contributed by atoms with Crippen molar-refractivity contribution in [1.29, 1.82) is 0 Å².